The van der Waals surface area contributed by atoms with Crippen molar-refractivity contribution in [2.75, 3.05) is 0 Å². The lowest BCUT2D eigenvalue weighted by Gasteiger charge is -2.19. The summed E-state index contributed by atoms with van der Waals surface area (Å²) in [5.41, 5.74) is 8.50. The number of rotatable bonds is 1. The molecule has 3 heteroatoms. The molecule has 0 saturated carbocycles. The van der Waals surface area contributed by atoms with Crippen LogP contribution in [0.15, 0.2) is 41.3 Å². The van der Waals surface area contributed by atoms with Crippen LogP contribution in [0.3, 0.4) is 0 Å². The Morgan fingerprint density at radius 3 is 2.68 bits per heavy atom. The monoisotopic (exact) mass is 330 g/mol. The highest BCUT2D eigenvalue weighted by molar-refractivity contribution is 5.83. The van der Waals surface area contributed by atoms with Crippen LogP contribution in [0.25, 0.3) is 17.3 Å². The molecular weight excluding hydrogens is 308 g/mol. The summed E-state index contributed by atoms with van der Waals surface area (Å²) >= 11 is 0. The number of hydrogen-bond acceptors (Lipinski definition) is 2. The van der Waals surface area contributed by atoms with Crippen molar-refractivity contribution >= 4 is 17.3 Å². The van der Waals surface area contributed by atoms with E-state index in [2.05, 4.69) is 38.1 Å². The van der Waals surface area contributed by atoms with Gasteiger partial charge in [0.15, 0.2) is 0 Å². The molecular formula is C22H22N2O. The van der Waals surface area contributed by atoms with Crippen molar-refractivity contribution in [3.05, 3.63) is 80.4 Å². The number of pyridine rings is 1. The first kappa shape index (κ1) is 15.8. The number of aromatic nitrogens is 2. The molecule has 3 nitrogen and oxygen atoms in total. The van der Waals surface area contributed by atoms with E-state index in [0.717, 1.165) is 41.7 Å². The van der Waals surface area contributed by atoms with Gasteiger partial charge in [-0.05, 0) is 74.4 Å². The van der Waals surface area contributed by atoms with Crippen molar-refractivity contribution < 1.29 is 0 Å². The minimum atomic E-state index is 0.0789. The minimum absolute atomic E-state index is 0.0789. The second kappa shape index (κ2) is 5.99. The molecule has 0 atom stereocenters. The molecule has 2 heterocycles. The first-order valence-corrected chi connectivity index (χ1v) is 8.83. The molecule has 1 aliphatic carbocycles. The second-order valence-corrected chi connectivity index (χ2v) is 7.06. The lowest BCUT2D eigenvalue weighted by molar-refractivity contribution is 0.786. The molecule has 25 heavy (non-hydrogen) atoms. The maximum Gasteiger partial charge on any atom is 0.261 e. The quantitative estimate of drug-likeness (QED) is 0.658. The molecule has 0 amide bonds. The van der Waals surface area contributed by atoms with E-state index in [0.29, 0.717) is 0 Å². The molecule has 0 aliphatic heterocycles. The van der Waals surface area contributed by atoms with E-state index >= 15 is 0 Å². The van der Waals surface area contributed by atoms with Crippen molar-refractivity contribution in [1.82, 2.24) is 9.38 Å². The van der Waals surface area contributed by atoms with Crippen molar-refractivity contribution in [2.45, 2.75) is 40.0 Å². The lowest BCUT2D eigenvalue weighted by Crippen LogP contribution is -2.24. The highest BCUT2D eigenvalue weighted by atomic mass is 16.1. The van der Waals surface area contributed by atoms with E-state index in [4.69, 9.17) is 4.98 Å². The molecule has 4 rings (SSSR count). The molecule has 2 aromatic heterocycles. The Bertz CT molecular complexity index is 1070. The van der Waals surface area contributed by atoms with Gasteiger partial charge >= 0.3 is 0 Å². The molecule has 0 saturated heterocycles. The van der Waals surface area contributed by atoms with Crippen LogP contribution < -0.4 is 5.56 Å². The van der Waals surface area contributed by atoms with Crippen LogP contribution in [0.1, 0.15) is 46.4 Å². The van der Waals surface area contributed by atoms with Gasteiger partial charge < -0.3 is 0 Å². The van der Waals surface area contributed by atoms with Gasteiger partial charge in [0.25, 0.3) is 5.56 Å². The lowest BCUT2D eigenvalue weighted by atomic mass is 9.90. The Morgan fingerprint density at radius 2 is 1.84 bits per heavy atom. The van der Waals surface area contributed by atoms with Crippen LogP contribution in [-0.4, -0.2) is 9.38 Å². The van der Waals surface area contributed by atoms with Crippen LogP contribution in [0.2, 0.25) is 0 Å². The van der Waals surface area contributed by atoms with Gasteiger partial charge in [-0.1, -0.05) is 29.8 Å². The predicted molar refractivity (Wildman–Crippen MR) is 103 cm³/mol. The first-order valence-electron chi connectivity index (χ1n) is 8.83. The maximum absolute atomic E-state index is 12.9. The number of aryl methyl sites for hydroxylation is 3. The summed E-state index contributed by atoms with van der Waals surface area (Å²) < 4.78 is 1.69. The van der Waals surface area contributed by atoms with Gasteiger partial charge in [-0.25, -0.2) is 4.98 Å². The van der Waals surface area contributed by atoms with Crippen LogP contribution in [0.5, 0.6) is 0 Å². The summed E-state index contributed by atoms with van der Waals surface area (Å²) in [5.74, 6) is 0. The van der Waals surface area contributed by atoms with E-state index < -0.39 is 0 Å². The highest BCUT2D eigenvalue weighted by Crippen LogP contribution is 2.30. The molecule has 3 aromatic rings. The number of hydrogen-bond donors (Lipinski definition) is 0. The van der Waals surface area contributed by atoms with E-state index in [1.165, 1.54) is 22.3 Å². The van der Waals surface area contributed by atoms with Crippen LogP contribution in [0, 0.1) is 20.8 Å². The Labute approximate surface area is 147 Å². The molecule has 1 aliphatic rings. The van der Waals surface area contributed by atoms with Gasteiger partial charge in [-0.2, -0.15) is 0 Å². The Hall–Kier alpha value is -2.68. The number of nitrogens with zero attached hydrogens (tertiary/aromatic N) is 2. The molecule has 126 valence electrons. The van der Waals surface area contributed by atoms with E-state index in [9.17, 15) is 4.79 Å². The summed E-state index contributed by atoms with van der Waals surface area (Å²) in [5, 5.41) is 0. The normalized spacial score (nSPS) is 15.6. The average Bonchev–Trinajstić information content (AvgIpc) is 2.60. The summed E-state index contributed by atoms with van der Waals surface area (Å²) in [7, 11) is 0. The zero-order valence-corrected chi connectivity index (χ0v) is 15.0. The van der Waals surface area contributed by atoms with Gasteiger partial charge in [0, 0.05) is 11.8 Å². The summed E-state index contributed by atoms with van der Waals surface area (Å²) in [4.78, 5) is 17.8. The predicted octanol–water partition coefficient (Wildman–Crippen LogP) is 4.50. The number of allylic oxidation sites excluding steroid dienone is 1. The van der Waals surface area contributed by atoms with Gasteiger partial charge in [-0.15, -0.1) is 0 Å². The van der Waals surface area contributed by atoms with Gasteiger partial charge in [0.05, 0.1) is 5.69 Å². The van der Waals surface area contributed by atoms with Crippen molar-refractivity contribution in [3.63, 3.8) is 0 Å². The third kappa shape index (κ3) is 2.80. The van der Waals surface area contributed by atoms with Crippen LogP contribution in [-0.2, 0) is 6.42 Å². The van der Waals surface area contributed by atoms with Crippen molar-refractivity contribution in [1.29, 1.82) is 0 Å². The molecule has 0 radical (unpaired) electrons. The summed E-state index contributed by atoms with van der Waals surface area (Å²) in [6.07, 6.45) is 6.88. The Balaban J connectivity index is 1.94. The van der Waals surface area contributed by atoms with Crippen LogP contribution in [0.4, 0.5) is 0 Å². The van der Waals surface area contributed by atoms with E-state index in [1.807, 2.05) is 25.3 Å². The molecule has 0 bridgehead atoms. The van der Waals surface area contributed by atoms with Crippen molar-refractivity contribution in [3.8, 4) is 0 Å². The topological polar surface area (TPSA) is 34.4 Å². The molecule has 0 fully saturated rings. The third-order valence-electron chi connectivity index (χ3n) is 5.01. The Morgan fingerprint density at radius 1 is 1.04 bits per heavy atom. The summed E-state index contributed by atoms with van der Waals surface area (Å²) in [6.45, 7) is 6.23. The first-order chi connectivity index (χ1) is 12.0. The molecule has 0 spiro atoms. The van der Waals surface area contributed by atoms with E-state index in [-0.39, 0.29) is 5.56 Å². The smallest absolute Gasteiger partial charge is 0.261 e. The molecule has 1 aromatic carbocycles. The zero-order valence-electron chi connectivity index (χ0n) is 15.0. The fourth-order valence-electron chi connectivity index (χ4n) is 3.59. The Kier molecular flexibility index (Phi) is 3.79. The van der Waals surface area contributed by atoms with Gasteiger partial charge in [-0.3, -0.25) is 9.20 Å². The second-order valence-electron chi connectivity index (χ2n) is 7.06. The fourth-order valence-corrected chi connectivity index (χ4v) is 3.59. The fraction of sp³-hybridized carbons (Fsp3) is 0.273. The standard InChI is InChI=1S/C22H22N2O/c1-14-7-9-16(3)18(11-14)12-17-5-4-6-19-21(17)23-20-10-8-15(2)13-24(20)22(19)25/h7-13H,4-6H2,1-3H3. The SMILES string of the molecule is Cc1ccc(C)c(C=C2CCCc3c2nc2ccc(C)cn2c3=O)c1. The number of fused-ring (bicyclic) bond motifs is 2. The largest absolute Gasteiger partial charge is 0.269 e. The maximum atomic E-state index is 12.9. The zero-order chi connectivity index (χ0) is 17.6. The van der Waals surface area contributed by atoms with Crippen LogP contribution >= 0.6 is 0 Å². The highest BCUT2D eigenvalue weighted by Gasteiger charge is 2.20. The third-order valence-corrected chi connectivity index (χ3v) is 5.01. The van der Waals surface area contributed by atoms with Gasteiger partial charge in [0.2, 0.25) is 0 Å². The summed E-state index contributed by atoms with van der Waals surface area (Å²) in [6, 6.07) is 10.4. The average molecular weight is 330 g/mol. The minimum Gasteiger partial charge on any atom is -0.269 e. The molecule has 0 unspecified atom stereocenters. The van der Waals surface area contributed by atoms with Gasteiger partial charge in [0.1, 0.15) is 5.65 Å². The van der Waals surface area contributed by atoms with E-state index in [1.54, 1.807) is 4.40 Å². The number of benzene rings is 1. The molecule has 0 N–H and O–H groups in total. The van der Waals surface area contributed by atoms with Crippen molar-refractivity contribution in [2.24, 2.45) is 0 Å².